The van der Waals surface area contributed by atoms with Crippen LogP contribution in [0.3, 0.4) is 0 Å². The molecular weight excluding hydrogens is 312 g/mol. The number of nitrogens with one attached hydrogen (secondary N) is 1. The molecule has 8 nitrogen and oxygen atoms in total. The van der Waals surface area contributed by atoms with Gasteiger partial charge in [0, 0.05) is 17.5 Å². The summed E-state index contributed by atoms with van der Waals surface area (Å²) in [5.41, 5.74) is -0.686. The summed E-state index contributed by atoms with van der Waals surface area (Å²) < 4.78 is 25.4. The molecule has 0 unspecified atom stereocenters. The van der Waals surface area contributed by atoms with E-state index in [4.69, 9.17) is 16.7 Å². The third kappa shape index (κ3) is 5.02. The van der Waals surface area contributed by atoms with E-state index in [2.05, 4.69) is 0 Å². The molecule has 0 fully saturated rings. The van der Waals surface area contributed by atoms with Crippen molar-refractivity contribution < 1.29 is 23.2 Å². The van der Waals surface area contributed by atoms with E-state index in [-0.39, 0.29) is 23.6 Å². The van der Waals surface area contributed by atoms with Gasteiger partial charge in [-0.3, -0.25) is 19.6 Å². The minimum atomic E-state index is -3.86. The van der Waals surface area contributed by atoms with E-state index in [0.717, 1.165) is 6.07 Å². The molecule has 1 aromatic rings. The summed E-state index contributed by atoms with van der Waals surface area (Å²) in [6, 6.07) is 3.51. The first kappa shape index (κ1) is 16.2. The lowest BCUT2D eigenvalue weighted by Crippen LogP contribution is -2.18. The molecule has 110 valence electrons. The molecular formula is C10H11ClN2O6S. The van der Waals surface area contributed by atoms with Gasteiger partial charge in [0.25, 0.3) is 5.69 Å². The van der Waals surface area contributed by atoms with Gasteiger partial charge in [0.15, 0.2) is 0 Å². The van der Waals surface area contributed by atoms with Gasteiger partial charge < -0.3 is 5.11 Å². The Balaban J connectivity index is 2.87. The summed E-state index contributed by atoms with van der Waals surface area (Å²) in [5, 5.41) is 19.3. The Kier molecular flexibility index (Phi) is 5.28. The van der Waals surface area contributed by atoms with Gasteiger partial charge in [-0.1, -0.05) is 11.6 Å². The van der Waals surface area contributed by atoms with E-state index in [1.165, 1.54) is 12.1 Å². The van der Waals surface area contributed by atoms with Gasteiger partial charge in [-0.15, -0.1) is 0 Å². The molecule has 1 aromatic carbocycles. The van der Waals surface area contributed by atoms with Crippen LogP contribution in [0.25, 0.3) is 0 Å². The molecule has 10 heteroatoms. The lowest BCUT2D eigenvalue weighted by atomic mass is 10.3. The molecule has 0 saturated carbocycles. The van der Waals surface area contributed by atoms with Crippen molar-refractivity contribution in [3.63, 3.8) is 0 Å². The fraction of sp³-hybridized carbons (Fsp3) is 0.300. The fourth-order valence-corrected chi connectivity index (χ4v) is 2.67. The Morgan fingerprint density at radius 2 is 2.10 bits per heavy atom. The van der Waals surface area contributed by atoms with E-state index in [1.54, 1.807) is 0 Å². The highest BCUT2D eigenvalue weighted by Crippen LogP contribution is 2.28. The molecule has 0 amide bonds. The summed E-state index contributed by atoms with van der Waals surface area (Å²) in [5.74, 6) is -1.56. The van der Waals surface area contributed by atoms with Crippen molar-refractivity contribution in [2.24, 2.45) is 0 Å². The van der Waals surface area contributed by atoms with Crippen LogP contribution in [0.2, 0.25) is 5.02 Å². The smallest absolute Gasteiger partial charge is 0.303 e. The largest absolute Gasteiger partial charge is 0.481 e. The second-order valence-electron chi connectivity index (χ2n) is 3.84. The highest BCUT2D eigenvalue weighted by molar-refractivity contribution is 7.92. The van der Waals surface area contributed by atoms with Crippen molar-refractivity contribution in [3.8, 4) is 0 Å². The standard InChI is InChI=1S/C10H11ClN2O6S/c11-7-3-4-8(9(6-7)13(16)17)12-20(18,19)5-1-2-10(14)15/h3-4,6,12H,1-2,5H2,(H,14,15). The van der Waals surface area contributed by atoms with Gasteiger partial charge in [0.1, 0.15) is 5.69 Å². The van der Waals surface area contributed by atoms with E-state index < -0.39 is 32.4 Å². The third-order valence-electron chi connectivity index (χ3n) is 2.23. The lowest BCUT2D eigenvalue weighted by Gasteiger charge is -2.08. The van der Waals surface area contributed by atoms with Gasteiger partial charge in [-0.05, 0) is 18.6 Å². The van der Waals surface area contributed by atoms with Crippen LogP contribution >= 0.6 is 11.6 Å². The molecule has 0 radical (unpaired) electrons. The summed E-state index contributed by atoms with van der Waals surface area (Å²) in [4.78, 5) is 20.3. The third-order valence-corrected chi connectivity index (χ3v) is 3.82. The van der Waals surface area contributed by atoms with Gasteiger partial charge >= 0.3 is 5.97 Å². The molecule has 2 N–H and O–H groups in total. The Morgan fingerprint density at radius 3 is 2.65 bits per heavy atom. The van der Waals surface area contributed by atoms with Crippen molar-refractivity contribution >= 4 is 39.0 Å². The van der Waals surface area contributed by atoms with Crippen LogP contribution in [0.4, 0.5) is 11.4 Å². The first-order valence-electron chi connectivity index (χ1n) is 5.37. The Morgan fingerprint density at radius 1 is 1.45 bits per heavy atom. The van der Waals surface area contributed by atoms with Crippen LogP contribution in [0.5, 0.6) is 0 Å². The number of rotatable bonds is 7. The van der Waals surface area contributed by atoms with Crippen molar-refractivity contribution in [1.82, 2.24) is 0 Å². The van der Waals surface area contributed by atoms with Crippen molar-refractivity contribution in [3.05, 3.63) is 33.3 Å². The van der Waals surface area contributed by atoms with E-state index in [1.807, 2.05) is 4.72 Å². The minimum absolute atomic E-state index is 0.0912. The van der Waals surface area contributed by atoms with Crippen LogP contribution < -0.4 is 4.72 Å². The lowest BCUT2D eigenvalue weighted by molar-refractivity contribution is -0.383. The summed E-state index contributed by atoms with van der Waals surface area (Å²) in [6.45, 7) is 0. The van der Waals surface area contributed by atoms with Crippen LogP contribution in [0.15, 0.2) is 18.2 Å². The van der Waals surface area contributed by atoms with E-state index >= 15 is 0 Å². The number of sulfonamides is 1. The topological polar surface area (TPSA) is 127 Å². The molecule has 0 aliphatic carbocycles. The van der Waals surface area contributed by atoms with Crippen molar-refractivity contribution in [2.75, 3.05) is 10.5 Å². The van der Waals surface area contributed by atoms with Gasteiger partial charge in [0.05, 0.1) is 10.7 Å². The van der Waals surface area contributed by atoms with Crippen LogP contribution in [-0.4, -0.2) is 30.2 Å². The molecule has 0 bridgehead atoms. The van der Waals surface area contributed by atoms with Gasteiger partial charge in [-0.25, -0.2) is 8.42 Å². The number of aliphatic carboxylic acids is 1. The molecule has 0 heterocycles. The number of hydrogen-bond donors (Lipinski definition) is 2. The molecule has 20 heavy (non-hydrogen) atoms. The zero-order valence-corrected chi connectivity index (χ0v) is 11.6. The number of hydrogen-bond acceptors (Lipinski definition) is 5. The van der Waals surface area contributed by atoms with E-state index in [9.17, 15) is 23.3 Å². The average molecular weight is 323 g/mol. The number of carbonyl (C=O) groups is 1. The molecule has 0 aliphatic heterocycles. The molecule has 0 atom stereocenters. The Hall–Kier alpha value is -1.87. The fourth-order valence-electron chi connectivity index (χ4n) is 1.37. The summed E-state index contributed by atoms with van der Waals surface area (Å²) in [6.07, 6.45) is -0.393. The normalized spacial score (nSPS) is 11.1. The average Bonchev–Trinajstić information content (AvgIpc) is 2.30. The zero-order chi connectivity index (χ0) is 15.3. The SMILES string of the molecule is O=C(O)CCCS(=O)(=O)Nc1ccc(Cl)cc1[N+](=O)[O-]. The number of nitrogens with zero attached hydrogens (tertiary/aromatic N) is 1. The molecule has 0 saturated heterocycles. The van der Waals surface area contributed by atoms with Crippen molar-refractivity contribution in [1.29, 1.82) is 0 Å². The maximum atomic E-state index is 11.7. The monoisotopic (exact) mass is 322 g/mol. The number of carboxylic acids is 1. The zero-order valence-electron chi connectivity index (χ0n) is 10.1. The maximum absolute atomic E-state index is 11.7. The van der Waals surface area contributed by atoms with Gasteiger partial charge in [0.2, 0.25) is 10.0 Å². The number of anilines is 1. The second kappa shape index (κ2) is 6.53. The molecule has 0 aromatic heterocycles. The van der Waals surface area contributed by atoms with Crippen LogP contribution in [-0.2, 0) is 14.8 Å². The molecule has 0 spiro atoms. The highest BCUT2D eigenvalue weighted by atomic mass is 35.5. The van der Waals surface area contributed by atoms with E-state index in [0.29, 0.717) is 0 Å². The predicted molar refractivity (Wildman–Crippen MR) is 72.4 cm³/mol. The van der Waals surface area contributed by atoms with Gasteiger partial charge in [-0.2, -0.15) is 0 Å². The minimum Gasteiger partial charge on any atom is -0.481 e. The first-order chi connectivity index (χ1) is 9.21. The summed E-state index contributed by atoms with van der Waals surface area (Å²) in [7, 11) is -3.86. The molecule has 1 rings (SSSR count). The number of halogens is 1. The Labute approximate surface area is 119 Å². The number of carboxylic acid groups (broad SMARTS) is 1. The van der Waals surface area contributed by atoms with Crippen LogP contribution in [0, 0.1) is 10.1 Å². The van der Waals surface area contributed by atoms with Crippen molar-refractivity contribution in [2.45, 2.75) is 12.8 Å². The first-order valence-corrected chi connectivity index (χ1v) is 7.40. The molecule has 0 aliphatic rings. The summed E-state index contributed by atoms with van der Waals surface area (Å²) >= 11 is 5.60. The quantitative estimate of drug-likeness (QED) is 0.582. The number of benzene rings is 1. The predicted octanol–water partition coefficient (Wildman–Crippen LogP) is 1.85. The van der Waals surface area contributed by atoms with Crippen LogP contribution in [0.1, 0.15) is 12.8 Å². The number of nitro benzene ring substituents is 1. The Bertz CT molecular complexity index is 631. The highest BCUT2D eigenvalue weighted by Gasteiger charge is 2.19. The second-order valence-corrected chi connectivity index (χ2v) is 6.12. The maximum Gasteiger partial charge on any atom is 0.303 e. The number of nitro groups is 1.